The summed E-state index contributed by atoms with van der Waals surface area (Å²) in [5, 5.41) is 3.38. The third-order valence-electron chi connectivity index (χ3n) is 3.44. The third kappa shape index (κ3) is 5.22. The minimum absolute atomic E-state index is 0.149. The zero-order valence-corrected chi connectivity index (χ0v) is 15.1. The van der Waals surface area contributed by atoms with E-state index >= 15 is 0 Å². The van der Waals surface area contributed by atoms with Crippen molar-refractivity contribution in [1.29, 1.82) is 0 Å². The highest BCUT2D eigenvalue weighted by Gasteiger charge is 2.10. The van der Waals surface area contributed by atoms with Crippen LogP contribution in [0.2, 0.25) is 5.02 Å². The Morgan fingerprint density at radius 3 is 2.44 bits per heavy atom. The van der Waals surface area contributed by atoms with Crippen molar-refractivity contribution in [3.8, 4) is 5.75 Å². The first kappa shape index (κ1) is 18.8. The molecule has 0 saturated heterocycles. The van der Waals surface area contributed by atoms with E-state index in [1.807, 2.05) is 13.8 Å². The maximum absolute atomic E-state index is 12.1. The van der Waals surface area contributed by atoms with Crippen LogP contribution in [0, 0.1) is 13.8 Å². The zero-order chi connectivity index (χ0) is 18.4. The molecule has 2 rings (SSSR count). The molecule has 1 N–H and O–H groups in total. The number of carbonyl (C=O) groups is 2. The van der Waals surface area contributed by atoms with Gasteiger partial charge in [0.25, 0.3) is 5.91 Å². The predicted molar refractivity (Wildman–Crippen MR) is 97.4 cm³/mol. The minimum Gasteiger partial charge on any atom is -0.484 e. The summed E-state index contributed by atoms with van der Waals surface area (Å²) < 4.78 is 10.4. The number of aryl methyl sites for hydroxylation is 2. The van der Waals surface area contributed by atoms with Gasteiger partial charge in [0.15, 0.2) is 6.61 Å². The standard InChI is InChI=1S/C19H20ClNO4/c1-4-24-19(23)14-6-5-7-15(10-14)21-17(22)11-25-16-8-12(2)18(20)13(3)9-16/h5-10H,4,11H2,1-3H3,(H,21,22). The maximum atomic E-state index is 12.1. The first-order chi connectivity index (χ1) is 11.9. The second kappa shape index (κ2) is 8.53. The largest absolute Gasteiger partial charge is 0.484 e. The van der Waals surface area contributed by atoms with Crippen LogP contribution in [0.3, 0.4) is 0 Å². The number of benzene rings is 2. The highest BCUT2D eigenvalue weighted by molar-refractivity contribution is 6.32. The average molecular weight is 362 g/mol. The molecule has 0 bridgehead atoms. The van der Waals surface area contributed by atoms with Crippen LogP contribution in [-0.4, -0.2) is 25.1 Å². The lowest BCUT2D eigenvalue weighted by molar-refractivity contribution is -0.118. The number of rotatable bonds is 6. The normalized spacial score (nSPS) is 10.2. The highest BCUT2D eigenvalue weighted by Crippen LogP contribution is 2.25. The fraction of sp³-hybridized carbons (Fsp3) is 0.263. The molecule has 1 amide bonds. The number of anilines is 1. The van der Waals surface area contributed by atoms with Crippen molar-refractivity contribution in [3.05, 3.63) is 58.1 Å². The second-order valence-corrected chi connectivity index (χ2v) is 5.89. The summed E-state index contributed by atoms with van der Waals surface area (Å²) in [5.74, 6) is -0.178. The lowest BCUT2D eigenvalue weighted by Crippen LogP contribution is -2.20. The summed E-state index contributed by atoms with van der Waals surface area (Å²) in [4.78, 5) is 23.8. The summed E-state index contributed by atoms with van der Waals surface area (Å²) in [6.45, 7) is 5.64. The van der Waals surface area contributed by atoms with Gasteiger partial charge in [-0.2, -0.15) is 0 Å². The Bertz CT molecular complexity index is 766. The van der Waals surface area contributed by atoms with Crippen LogP contribution >= 0.6 is 11.6 Å². The molecule has 0 aliphatic heterocycles. The monoisotopic (exact) mass is 361 g/mol. The molecule has 2 aromatic carbocycles. The van der Waals surface area contributed by atoms with E-state index in [1.54, 1.807) is 43.3 Å². The summed E-state index contributed by atoms with van der Waals surface area (Å²) in [6.07, 6.45) is 0. The van der Waals surface area contributed by atoms with Crippen molar-refractivity contribution in [2.24, 2.45) is 0 Å². The molecular weight excluding hydrogens is 342 g/mol. The lowest BCUT2D eigenvalue weighted by atomic mass is 10.1. The Morgan fingerprint density at radius 1 is 1.12 bits per heavy atom. The molecule has 132 valence electrons. The molecule has 0 saturated carbocycles. The highest BCUT2D eigenvalue weighted by atomic mass is 35.5. The molecule has 0 aromatic heterocycles. The van der Waals surface area contributed by atoms with Gasteiger partial charge in [-0.15, -0.1) is 0 Å². The van der Waals surface area contributed by atoms with Crippen LogP contribution in [0.4, 0.5) is 5.69 Å². The van der Waals surface area contributed by atoms with Gasteiger partial charge in [-0.25, -0.2) is 4.79 Å². The molecular formula is C19H20ClNO4. The molecule has 6 heteroatoms. The van der Waals surface area contributed by atoms with Crippen molar-refractivity contribution < 1.29 is 19.1 Å². The fourth-order valence-corrected chi connectivity index (χ4v) is 2.38. The Kier molecular flexibility index (Phi) is 6.42. The Morgan fingerprint density at radius 2 is 1.80 bits per heavy atom. The number of nitrogens with one attached hydrogen (secondary N) is 1. The number of hydrogen-bond acceptors (Lipinski definition) is 4. The summed E-state index contributed by atoms with van der Waals surface area (Å²) in [6, 6.07) is 10.1. The molecule has 2 aromatic rings. The minimum atomic E-state index is -0.429. The van der Waals surface area contributed by atoms with Gasteiger partial charge >= 0.3 is 5.97 Å². The summed E-state index contributed by atoms with van der Waals surface area (Å²) >= 11 is 6.11. The van der Waals surface area contributed by atoms with Crippen LogP contribution in [0.5, 0.6) is 5.75 Å². The quantitative estimate of drug-likeness (QED) is 0.785. The first-order valence-electron chi connectivity index (χ1n) is 7.87. The lowest BCUT2D eigenvalue weighted by Gasteiger charge is -2.11. The van der Waals surface area contributed by atoms with E-state index in [4.69, 9.17) is 21.1 Å². The molecule has 0 aliphatic rings. The number of carbonyl (C=O) groups excluding carboxylic acids is 2. The van der Waals surface area contributed by atoms with Crippen molar-refractivity contribution in [3.63, 3.8) is 0 Å². The molecule has 0 radical (unpaired) electrons. The van der Waals surface area contributed by atoms with Crippen LogP contribution < -0.4 is 10.1 Å². The van der Waals surface area contributed by atoms with Crippen molar-refractivity contribution in [2.75, 3.05) is 18.5 Å². The van der Waals surface area contributed by atoms with E-state index in [9.17, 15) is 9.59 Å². The third-order valence-corrected chi connectivity index (χ3v) is 4.03. The van der Waals surface area contributed by atoms with Gasteiger partial charge in [0.2, 0.25) is 0 Å². The van der Waals surface area contributed by atoms with E-state index in [0.29, 0.717) is 28.6 Å². The molecule has 0 heterocycles. The van der Waals surface area contributed by atoms with E-state index in [0.717, 1.165) is 11.1 Å². The molecule has 25 heavy (non-hydrogen) atoms. The van der Waals surface area contributed by atoms with Gasteiger partial charge in [-0.3, -0.25) is 4.79 Å². The number of esters is 1. The summed E-state index contributed by atoms with van der Waals surface area (Å²) in [5.41, 5.74) is 2.66. The first-order valence-corrected chi connectivity index (χ1v) is 8.25. The zero-order valence-electron chi connectivity index (χ0n) is 14.4. The molecule has 0 spiro atoms. The van der Waals surface area contributed by atoms with Crippen LogP contribution in [0.25, 0.3) is 0 Å². The molecule has 5 nitrogen and oxygen atoms in total. The maximum Gasteiger partial charge on any atom is 0.338 e. The number of amides is 1. The number of ether oxygens (including phenoxy) is 2. The van der Waals surface area contributed by atoms with Crippen LogP contribution in [-0.2, 0) is 9.53 Å². The van der Waals surface area contributed by atoms with Gasteiger partial charge in [-0.1, -0.05) is 17.7 Å². The van der Waals surface area contributed by atoms with Crippen LogP contribution in [0.1, 0.15) is 28.4 Å². The predicted octanol–water partition coefficient (Wildman–Crippen LogP) is 4.15. The van der Waals surface area contributed by atoms with Gasteiger partial charge in [0, 0.05) is 10.7 Å². The van der Waals surface area contributed by atoms with Crippen molar-refractivity contribution in [2.45, 2.75) is 20.8 Å². The molecule has 0 aliphatic carbocycles. The van der Waals surface area contributed by atoms with E-state index in [1.165, 1.54) is 0 Å². The number of hydrogen-bond donors (Lipinski definition) is 1. The van der Waals surface area contributed by atoms with E-state index in [-0.39, 0.29) is 12.5 Å². The van der Waals surface area contributed by atoms with Crippen molar-refractivity contribution >= 4 is 29.2 Å². The Hall–Kier alpha value is -2.53. The van der Waals surface area contributed by atoms with E-state index < -0.39 is 5.97 Å². The summed E-state index contributed by atoms with van der Waals surface area (Å²) in [7, 11) is 0. The second-order valence-electron chi connectivity index (χ2n) is 5.51. The average Bonchev–Trinajstić information content (AvgIpc) is 2.58. The molecule has 0 fully saturated rings. The Balaban J connectivity index is 1.96. The molecule has 0 unspecified atom stereocenters. The Labute approximate surface area is 151 Å². The van der Waals surface area contributed by atoms with Gasteiger partial charge in [0.1, 0.15) is 5.75 Å². The molecule has 0 atom stereocenters. The topological polar surface area (TPSA) is 64.6 Å². The van der Waals surface area contributed by atoms with Gasteiger partial charge in [0.05, 0.1) is 12.2 Å². The number of halogens is 1. The fourth-order valence-electron chi connectivity index (χ4n) is 2.27. The van der Waals surface area contributed by atoms with Crippen molar-refractivity contribution in [1.82, 2.24) is 0 Å². The van der Waals surface area contributed by atoms with Gasteiger partial charge < -0.3 is 14.8 Å². The smallest absolute Gasteiger partial charge is 0.338 e. The van der Waals surface area contributed by atoms with E-state index in [2.05, 4.69) is 5.32 Å². The van der Waals surface area contributed by atoms with Crippen LogP contribution in [0.15, 0.2) is 36.4 Å². The van der Waals surface area contributed by atoms with Gasteiger partial charge in [-0.05, 0) is 62.2 Å². The SMILES string of the molecule is CCOC(=O)c1cccc(NC(=O)COc2cc(C)c(Cl)c(C)c2)c1.